The van der Waals surface area contributed by atoms with E-state index in [4.69, 9.17) is 0 Å². The second kappa shape index (κ2) is 12.7. The number of hydrogen-bond donors (Lipinski definition) is 0. The fourth-order valence-corrected chi connectivity index (χ4v) is 0.386. The zero-order valence-corrected chi connectivity index (χ0v) is 10.3. The van der Waals surface area contributed by atoms with E-state index in [0.29, 0.717) is 0 Å². The summed E-state index contributed by atoms with van der Waals surface area (Å²) >= 11 is 0. The summed E-state index contributed by atoms with van der Waals surface area (Å²) in [7, 11) is 0. The molecule has 60 valence electrons. The van der Waals surface area contributed by atoms with E-state index >= 15 is 0 Å². The molecule has 0 aliphatic rings. The zero-order valence-electron chi connectivity index (χ0n) is 5.40. The van der Waals surface area contributed by atoms with Gasteiger partial charge in [-0.25, -0.2) is 0 Å². The molecule has 0 aliphatic heterocycles. The molecule has 10 heavy (non-hydrogen) atoms. The van der Waals surface area contributed by atoms with Gasteiger partial charge in [0.1, 0.15) is 0 Å². The minimum absolute atomic E-state index is 0. The molecule has 1 rings (SSSR count). The largest absolute Gasteiger partial charge is 0.400 e. The molecule has 1 aromatic heterocycles. The smallest absolute Gasteiger partial charge is 0 e. The van der Waals surface area contributed by atoms with Gasteiger partial charge in [0.25, 0.3) is 0 Å². The molecule has 0 N–H and O–H groups in total. The SMILES string of the molecule is C[c-]1cccn1.Cl.Cl.Cl.[Zr]. The van der Waals surface area contributed by atoms with Crippen molar-refractivity contribution in [3.8, 4) is 0 Å². The average Bonchev–Trinajstić information content (AvgIpc) is 1.86. The Balaban J connectivity index is -0.0000000450. The second-order valence-electron chi connectivity index (χ2n) is 1.28. The average molecular weight is 281 g/mol. The van der Waals surface area contributed by atoms with E-state index in [0.717, 1.165) is 5.69 Å². The van der Waals surface area contributed by atoms with Gasteiger partial charge >= 0.3 is 0 Å². The van der Waals surface area contributed by atoms with Crippen LogP contribution in [0.4, 0.5) is 0 Å². The summed E-state index contributed by atoms with van der Waals surface area (Å²) in [5.74, 6) is 0. The van der Waals surface area contributed by atoms with Gasteiger partial charge in [0, 0.05) is 26.2 Å². The monoisotopic (exact) mass is 278 g/mol. The third-order valence-electron chi connectivity index (χ3n) is 0.702. The molecule has 1 heterocycles. The van der Waals surface area contributed by atoms with Crippen LogP contribution in [0.15, 0.2) is 18.3 Å². The van der Waals surface area contributed by atoms with Gasteiger partial charge in [0.05, 0.1) is 0 Å². The minimum atomic E-state index is 0. The van der Waals surface area contributed by atoms with Crippen LogP contribution in [0.2, 0.25) is 0 Å². The van der Waals surface area contributed by atoms with Gasteiger partial charge in [-0.1, -0.05) is 12.6 Å². The van der Waals surface area contributed by atoms with E-state index < -0.39 is 0 Å². The van der Waals surface area contributed by atoms with Crippen molar-refractivity contribution >= 4 is 37.2 Å². The van der Waals surface area contributed by atoms with Gasteiger partial charge in [0.2, 0.25) is 0 Å². The molecule has 1 nitrogen and oxygen atoms in total. The van der Waals surface area contributed by atoms with Crippen LogP contribution in [-0.2, 0) is 26.2 Å². The maximum atomic E-state index is 3.92. The Morgan fingerprint density at radius 3 is 1.80 bits per heavy atom. The summed E-state index contributed by atoms with van der Waals surface area (Å²) in [5.41, 5.74) is 1.09. The van der Waals surface area contributed by atoms with Crippen molar-refractivity contribution in [1.29, 1.82) is 0 Å². The molecule has 5 heteroatoms. The number of rotatable bonds is 0. The number of aromatic nitrogens is 1. The van der Waals surface area contributed by atoms with Crippen LogP contribution < -0.4 is 0 Å². The molecular weight excluding hydrogens is 272 g/mol. The number of hydrogen-bond acceptors (Lipinski definition) is 1. The van der Waals surface area contributed by atoms with Gasteiger partial charge in [-0.05, 0) is 0 Å². The predicted molar refractivity (Wildman–Crippen MR) is 46.3 cm³/mol. The Kier molecular flexibility index (Phi) is 28.5. The maximum absolute atomic E-state index is 3.92. The molecule has 0 aromatic carbocycles. The first-order chi connectivity index (χ1) is 2.89. The molecule has 0 fully saturated rings. The van der Waals surface area contributed by atoms with E-state index in [9.17, 15) is 0 Å². The molecular formula is C5H9Cl3NZr-. The van der Waals surface area contributed by atoms with Crippen LogP contribution in [0.25, 0.3) is 0 Å². The predicted octanol–water partition coefficient (Wildman–Crippen LogP) is 2.37. The Bertz CT molecular complexity index is 120. The van der Waals surface area contributed by atoms with Gasteiger partial charge in [-0.15, -0.1) is 43.4 Å². The number of nitrogens with zero attached hydrogens (tertiary/aromatic N) is 1. The van der Waals surface area contributed by atoms with E-state index in [1.807, 2.05) is 19.1 Å². The van der Waals surface area contributed by atoms with E-state index in [2.05, 4.69) is 4.98 Å². The molecule has 0 aliphatic carbocycles. The van der Waals surface area contributed by atoms with Gasteiger partial charge in [-0.3, -0.25) is 0 Å². The Labute approximate surface area is 98.7 Å². The Morgan fingerprint density at radius 1 is 1.20 bits per heavy atom. The van der Waals surface area contributed by atoms with Crippen molar-refractivity contribution < 1.29 is 26.2 Å². The molecule has 0 bridgehead atoms. The molecule has 0 saturated heterocycles. The normalized spacial score (nSPS) is 5.30. The summed E-state index contributed by atoms with van der Waals surface area (Å²) < 4.78 is 0. The van der Waals surface area contributed by atoms with Crippen LogP contribution in [-0.4, -0.2) is 4.98 Å². The summed E-state index contributed by atoms with van der Waals surface area (Å²) in [6.45, 7) is 1.97. The van der Waals surface area contributed by atoms with Crippen molar-refractivity contribution in [3.05, 3.63) is 24.0 Å². The van der Waals surface area contributed by atoms with E-state index in [1.165, 1.54) is 0 Å². The summed E-state index contributed by atoms with van der Waals surface area (Å²) in [6.07, 6.45) is 1.79. The van der Waals surface area contributed by atoms with Gasteiger partial charge in [0.15, 0.2) is 0 Å². The number of halogens is 3. The van der Waals surface area contributed by atoms with Crippen molar-refractivity contribution in [3.63, 3.8) is 0 Å². The Hall–Kier alpha value is 1.03. The first-order valence-electron chi connectivity index (χ1n) is 1.94. The Morgan fingerprint density at radius 2 is 1.70 bits per heavy atom. The summed E-state index contributed by atoms with van der Waals surface area (Å²) in [4.78, 5) is 3.92. The molecule has 0 spiro atoms. The third kappa shape index (κ3) is 9.03. The fourth-order valence-electron chi connectivity index (χ4n) is 0.386. The van der Waals surface area contributed by atoms with Crippen molar-refractivity contribution in [2.45, 2.75) is 6.92 Å². The van der Waals surface area contributed by atoms with E-state index in [1.54, 1.807) is 6.20 Å². The fraction of sp³-hybridized carbons (Fsp3) is 0.200. The quantitative estimate of drug-likeness (QED) is 0.665. The molecule has 0 unspecified atom stereocenters. The number of aryl methyl sites for hydroxylation is 1. The van der Waals surface area contributed by atoms with Crippen LogP contribution in [0.3, 0.4) is 0 Å². The summed E-state index contributed by atoms with van der Waals surface area (Å²) in [5, 5.41) is 0. The molecule has 0 amide bonds. The third-order valence-corrected chi connectivity index (χ3v) is 0.702. The van der Waals surface area contributed by atoms with Gasteiger partial charge < -0.3 is 4.98 Å². The molecule has 0 saturated carbocycles. The van der Waals surface area contributed by atoms with E-state index in [-0.39, 0.29) is 63.4 Å². The van der Waals surface area contributed by atoms with Crippen LogP contribution in [0.5, 0.6) is 0 Å². The van der Waals surface area contributed by atoms with Crippen molar-refractivity contribution in [2.75, 3.05) is 0 Å². The molecule has 0 radical (unpaired) electrons. The van der Waals surface area contributed by atoms with Crippen molar-refractivity contribution in [2.24, 2.45) is 0 Å². The molecule has 1 aromatic rings. The zero-order chi connectivity index (χ0) is 4.41. The summed E-state index contributed by atoms with van der Waals surface area (Å²) in [6, 6.07) is 3.90. The minimum Gasteiger partial charge on any atom is -0.400 e. The standard InChI is InChI=1S/C5H6N.3ClH.Zr/c1-5-3-2-4-6-5;;;;/h2-4H,1H3;3*1H;/q-1;;;;. The van der Waals surface area contributed by atoms with Crippen LogP contribution in [0.1, 0.15) is 5.69 Å². The maximum Gasteiger partial charge on any atom is 0 e. The second-order valence-corrected chi connectivity index (χ2v) is 1.28. The first-order valence-corrected chi connectivity index (χ1v) is 1.94. The first kappa shape index (κ1) is 22.5. The topological polar surface area (TPSA) is 12.9 Å². The van der Waals surface area contributed by atoms with Crippen LogP contribution >= 0.6 is 37.2 Å². The molecule has 0 atom stereocenters. The van der Waals surface area contributed by atoms with Crippen molar-refractivity contribution in [1.82, 2.24) is 4.98 Å². The van der Waals surface area contributed by atoms with Gasteiger partial charge in [-0.2, -0.15) is 12.1 Å². The van der Waals surface area contributed by atoms with Crippen LogP contribution in [0, 0.1) is 6.92 Å².